The number of aromatic nitrogens is 2. The largest absolute Gasteiger partial charge is 0.381 e. The molecule has 10 nitrogen and oxygen atoms in total. The monoisotopic (exact) mass is 576 g/mol. The summed E-state index contributed by atoms with van der Waals surface area (Å²) in [7, 11) is 1.87. The molecule has 3 N–H and O–H groups in total. The fraction of sp³-hybridized carbons (Fsp3) is 0.562. The molecule has 3 atom stereocenters. The van der Waals surface area contributed by atoms with Gasteiger partial charge in [0.1, 0.15) is 6.04 Å². The summed E-state index contributed by atoms with van der Waals surface area (Å²) >= 11 is 0. The van der Waals surface area contributed by atoms with Gasteiger partial charge < -0.3 is 20.7 Å². The van der Waals surface area contributed by atoms with Crippen LogP contribution in [0.5, 0.6) is 0 Å². The molecule has 0 bridgehead atoms. The van der Waals surface area contributed by atoms with Gasteiger partial charge in [0.05, 0.1) is 29.0 Å². The number of ether oxygens (including phenoxy) is 1. The lowest BCUT2D eigenvalue weighted by atomic mass is 9.75. The molecule has 4 heterocycles. The highest BCUT2D eigenvalue weighted by atomic mass is 16.5. The first-order valence-corrected chi connectivity index (χ1v) is 15.1. The Morgan fingerprint density at radius 3 is 2.60 bits per heavy atom. The van der Waals surface area contributed by atoms with Crippen molar-refractivity contribution in [3.05, 3.63) is 59.4 Å². The fourth-order valence-corrected chi connectivity index (χ4v) is 6.54. The minimum absolute atomic E-state index is 0.0454. The number of allylic oxidation sites excluding steroid dienone is 2. The van der Waals surface area contributed by atoms with Gasteiger partial charge in [-0.25, -0.2) is 0 Å². The molecular weight excluding hydrogens is 532 g/mol. The molecule has 0 radical (unpaired) electrons. The summed E-state index contributed by atoms with van der Waals surface area (Å²) in [6.07, 6.45) is 8.10. The average Bonchev–Trinajstić information content (AvgIpc) is 3.22. The summed E-state index contributed by atoms with van der Waals surface area (Å²) in [4.78, 5) is 42.7. The zero-order valence-electron chi connectivity index (χ0n) is 25.0. The second-order valence-corrected chi connectivity index (χ2v) is 12.1. The molecule has 3 aliphatic rings. The number of nitrogens with zero attached hydrogens (tertiary/aromatic N) is 3. The lowest BCUT2D eigenvalue weighted by Gasteiger charge is -2.40. The average molecular weight is 577 g/mol. The van der Waals surface area contributed by atoms with Gasteiger partial charge in [0, 0.05) is 45.8 Å². The van der Waals surface area contributed by atoms with Crippen molar-refractivity contribution in [2.45, 2.75) is 64.5 Å². The summed E-state index contributed by atoms with van der Waals surface area (Å²) in [5, 5.41) is 13.9. The number of carbonyl (C=O) groups excluding carboxylic acids is 3. The molecule has 2 aromatic rings. The van der Waals surface area contributed by atoms with Crippen molar-refractivity contribution < 1.29 is 19.1 Å². The van der Waals surface area contributed by atoms with Gasteiger partial charge in [-0.1, -0.05) is 42.5 Å². The van der Waals surface area contributed by atoms with Gasteiger partial charge in [0.2, 0.25) is 17.7 Å². The summed E-state index contributed by atoms with van der Waals surface area (Å²) in [5.41, 5.74) is 2.91. The zero-order chi connectivity index (χ0) is 29.7. The molecule has 0 saturated carbocycles. The highest BCUT2D eigenvalue weighted by Gasteiger charge is 2.41. The van der Waals surface area contributed by atoms with Gasteiger partial charge in [-0.2, -0.15) is 5.10 Å². The number of fused-ring (bicyclic) bond motifs is 1. The topological polar surface area (TPSA) is 118 Å². The predicted octanol–water partition coefficient (Wildman–Crippen LogP) is 2.66. The summed E-state index contributed by atoms with van der Waals surface area (Å²) in [6, 6.07) is 9.12. The third kappa shape index (κ3) is 6.93. The first-order chi connectivity index (χ1) is 20.2. The highest BCUT2D eigenvalue weighted by Crippen LogP contribution is 2.36. The Labute approximate surface area is 248 Å². The van der Waals surface area contributed by atoms with Crippen LogP contribution in [0.4, 0.5) is 5.69 Å². The van der Waals surface area contributed by atoms with Crippen LogP contribution in [0.15, 0.2) is 42.5 Å². The van der Waals surface area contributed by atoms with Crippen LogP contribution in [-0.2, 0) is 32.6 Å². The van der Waals surface area contributed by atoms with Gasteiger partial charge >= 0.3 is 0 Å². The van der Waals surface area contributed by atoms with Crippen molar-refractivity contribution >= 4 is 23.4 Å². The number of rotatable bonds is 5. The Morgan fingerprint density at radius 2 is 1.88 bits per heavy atom. The number of hydrogen-bond donors (Lipinski definition) is 3. The molecule has 3 amide bonds. The van der Waals surface area contributed by atoms with Crippen LogP contribution < -0.4 is 16.0 Å². The van der Waals surface area contributed by atoms with E-state index in [4.69, 9.17) is 4.74 Å². The Kier molecular flexibility index (Phi) is 9.43. The van der Waals surface area contributed by atoms with E-state index in [1.165, 1.54) is 0 Å². The highest BCUT2D eigenvalue weighted by molar-refractivity contribution is 5.93. The minimum atomic E-state index is -0.668. The van der Waals surface area contributed by atoms with Gasteiger partial charge in [-0.05, 0) is 57.4 Å². The second kappa shape index (κ2) is 13.2. The molecule has 1 spiro atoms. The Morgan fingerprint density at radius 1 is 1.12 bits per heavy atom. The molecule has 3 aliphatic heterocycles. The maximum atomic E-state index is 13.8. The Hall–Kier alpha value is -3.50. The smallest absolute Gasteiger partial charge is 0.243 e. The standard InChI is InChI=1S/C32H44N6O4/c1-22-29(23(2)37(3)36-22)35-28(39)21-38-16-12-26-25(20-38)11-7-8-13-32(14-17-42-18-15-32)31(41)34-27(30(40)33-26)19-24-9-5-4-6-10-24/h4-10,25-27H,11-21H2,1-3H3,(H,33,40)(H,34,41)(H,35,39)/b8-7+/t25-,26+,27-/m1/s1. The molecule has 42 heavy (non-hydrogen) atoms. The van der Waals surface area contributed by atoms with Gasteiger partial charge in [0.15, 0.2) is 0 Å². The van der Waals surface area contributed by atoms with E-state index in [2.05, 4.69) is 38.1 Å². The predicted molar refractivity (Wildman–Crippen MR) is 161 cm³/mol. The van der Waals surface area contributed by atoms with Crippen LogP contribution in [0, 0.1) is 25.2 Å². The molecule has 1 aromatic carbocycles. The summed E-state index contributed by atoms with van der Waals surface area (Å²) < 4.78 is 7.37. The molecular formula is C32H44N6O4. The third-order valence-corrected chi connectivity index (χ3v) is 9.24. The van der Waals surface area contributed by atoms with Crippen molar-refractivity contribution in [1.82, 2.24) is 25.3 Å². The molecule has 10 heteroatoms. The van der Waals surface area contributed by atoms with E-state index in [1.807, 2.05) is 51.2 Å². The molecule has 5 rings (SSSR count). The van der Waals surface area contributed by atoms with Crippen molar-refractivity contribution in [3.8, 4) is 0 Å². The van der Waals surface area contributed by atoms with E-state index in [-0.39, 0.29) is 36.2 Å². The minimum Gasteiger partial charge on any atom is -0.381 e. The number of nitrogens with one attached hydrogen (secondary N) is 3. The molecule has 0 aliphatic carbocycles. The number of carbonyl (C=O) groups is 3. The normalized spacial score (nSPS) is 25.8. The van der Waals surface area contributed by atoms with Crippen LogP contribution in [0.1, 0.15) is 49.1 Å². The van der Waals surface area contributed by atoms with Crippen LogP contribution in [0.3, 0.4) is 0 Å². The van der Waals surface area contributed by atoms with Crippen molar-refractivity contribution in [3.63, 3.8) is 0 Å². The first-order valence-electron chi connectivity index (χ1n) is 15.1. The molecule has 2 fully saturated rings. The van der Waals surface area contributed by atoms with E-state index in [0.29, 0.717) is 52.0 Å². The van der Waals surface area contributed by atoms with E-state index < -0.39 is 11.5 Å². The van der Waals surface area contributed by atoms with E-state index in [1.54, 1.807) is 4.68 Å². The van der Waals surface area contributed by atoms with Crippen molar-refractivity contribution in [1.29, 1.82) is 0 Å². The number of likely N-dealkylation sites (tertiary alicyclic amines) is 1. The van der Waals surface area contributed by atoms with Gasteiger partial charge in [-0.3, -0.25) is 24.0 Å². The number of piperidine rings is 1. The Bertz CT molecular complexity index is 1300. The number of aryl methyl sites for hydroxylation is 2. The molecule has 0 unspecified atom stereocenters. The number of benzene rings is 1. The summed E-state index contributed by atoms with van der Waals surface area (Å²) in [5.74, 6) is -0.134. The van der Waals surface area contributed by atoms with Gasteiger partial charge in [-0.15, -0.1) is 0 Å². The van der Waals surface area contributed by atoms with Crippen LogP contribution in [-0.4, -0.2) is 77.3 Å². The Balaban J connectivity index is 1.32. The molecule has 1 aromatic heterocycles. The quantitative estimate of drug-likeness (QED) is 0.471. The van der Waals surface area contributed by atoms with Crippen LogP contribution >= 0.6 is 0 Å². The lowest BCUT2D eigenvalue weighted by Crippen LogP contribution is -2.58. The first kappa shape index (κ1) is 30.0. The SMILES string of the molecule is Cc1nn(C)c(C)c1NC(=O)CN1CC[C@@H]2NC(=O)[C@@H](Cc3ccccc3)NC(=O)C3(C/C=C/C[C@@H]2C1)CCOCC3. The second-order valence-electron chi connectivity index (χ2n) is 12.1. The van der Waals surface area contributed by atoms with Crippen molar-refractivity contribution in [2.75, 3.05) is 38.2 Å². The number of anilines is 1. The summed E-state index contributed by atoms with van der Waals surface area (Å²) in [6.45, 7) is 6.59. The van der Waals surface area contributed by atoms with Crippen LogP contribution in [0.25, 0.3) is 0 Å². The van der Waals surface area contributed by atoms with Crippen LogP contribution in [0.2, 0.25) is 0 Å². The maximum absolute atomic E-state index is 13.8. The van der Waals surface area contributed by atoms with Crippen molar-refractivity contribution in [2.24, 2.45) is 18.4 Å². The molecule has 226 valence electrons. The number of hydrogen-bond acceptors (Lipinski definition) is 6. The lowest BCUT2D eigenvalue weighted by molar-refractivity contribution is -0.140. The fourth-order valence-electron chi connectivity index (χ4n) is 6.54. The maximum Gasteiger partial charge on any atom is 0.243 e. The number of amides is 3. The van der Waals surface area contributed by atoms with E-state index in [0.717, 1.165) is 35.5 Å². The third-order valence-electron chi connectivity index (χ3n) is 9.24. The molecule has 2 saturated heterocycles. The van der Waals surface area contributed by atoms with E-state index in [9.17, 15) is 14.4 Å². The van der Waals surface area contributed by atoms with E-state index >= 15 is 0 Å². The zero-order valence-corrected chi connectivity index (χ0v) is 25.0. The van der Waals surface area contributed by atoms with Gasteiger partial charge in [0.25, 0.3) is 0 Å².